The van der Waals surface area contributed by atoms with Crippen LogP contribution in [0.25, 0.3) is 10.9 Å². The molecule has 0 fully saturated rings. The lowest BCUT2D eigenvalue weighted by atomic mass is 10.1. The zero-order chi connectivity index (χ0) is 14.8. The molecule has 0 saturated heterocycles. The topological polar surface area (TPSA) is 48.1 Å². The number of fused-ring (bicyclic) bond motifs is 1. The van der Waals surface area contributed by atoms with Crippen LogP contribution >= 0.6 is 0 Å². The molecule has 0 aliphatic heterocycles. The Kier molecular flexibility index (Phi) is 3.54. The van der Waals surface area contributed by atoms with E-state index in [1.165, 1.54) is 6.07 Å². The molecule has 3 rings (SSSR count). The van der Waals surface area contributed by atoms with E-state index < -0.39 is 0 Å². The lowest BCUT2D eigenvalue weighted by molar-refractivity contribution is 0.484. The van der Waals surface area contributed by atoms with Gasteiger partial charge in [-0.05, 0) is 42.8 Å². The monoisotopic (exact) mass is 282 g/mol. The smallest absolute Gasteiger partial charge is 0.138 e. The number of benzene rings is 2. The number of aromatic nitrogens is 1. The van der Waals surface area contributed by atoms with Crippen molar-refractivity contribution < 1.29 is 9.13 Å². The molecule has 0 amide bonds. The maximum atomic E-state index is 13.3. The Morgan fingerprint density at radius 3 is 2.71 bits per heavy atom. The van der Waals surface area contributed by atoms with Gasteiger partial charge >= 0.3 is 0 Å². The van der Waals surface area contributed by atoms with Crippen LogP contribution in [-0.4, -0.2) is 4.98 Å². The van der Waals surface area contributed by atoms with Gasteiger partial charge in [0.2, 0.25) is 0 Å². The minimum Gasteiger partial charge on any atom is -0.457 e. The summed E-state index contributed by atoms with van der Waals surface area (Å²) in [4.78, 5) is 4.46. The van der Waals surface area contributed by atoms with Gasteiger partial charge in [-0.2, -0.15) is 0 Å². The zero-order valence-corrected chi connectivity index (χ0v) is 11.6. The number of nitrogens with two attached hydrogens (primary N) is 1. The fourth-order valence-electron chi connectivity index (χ4n) is 2.19. The molecule has 106 valence electrons. The van der Waals surface area contributed by atoms with E-state index in [0.717, 1.165) is 16.6 Å². The fourth-order valence-corrected chi connectivity index (χ4v) is 2.19. The molecule has 0 aliphatic carbocycles. The molecular formula is C17H15FN2O. The second-order valence-corrected chi connectivity index (χ2v) is 4.85. The molecule has 0 spiro atoms. The first kappa shape index (κ1) is 13.5. The molecule has 1 heterocycles. The van der Waals surface area contributed by atoms with Crippen LogP contribution in [0.5, 0.6) is 11.5 Å². The summed E-state index contributed by atoms with van der Waals surface area (Å²) in [7, 11) is 0. The van der Waals surface area contributed by atoms with Gasteiger partial charge in [-0.1, -0.05) is 12.1 Å². The average molecular weight is 282 g/mol. The van der Waals surface area contributed by atoms with Crippen molar-refractivity contribution >= 4 is 10.9 Å². The fraction of sp³-hybridized carbons (Fsp3) is 0.118. The summed E-state index contributed by atoms with van der Waals surface area (Å²) in [5, 5.41) is 0.900. The summed E-state index contributed by atoms with van der Waals surface area (Å²) in [5.74, 6) is 1.02. The largest absolute Gasteiger partial charge is 0.457 e. The Bertz CT molecular complexity index is 802. The van der Waals surface area contributed by atoms with Crippen molar-refractivity contribution in [2.24, 2.45) is 5.73 Å². The normalized spacial score (nSPS) is 10.8. The SMILES string of the molecule is Cc1cc(Oc2cc(CN)nc3ccccc23)ccc1F. The van der Waals surface area contributed by atoms with Crippen molar-refractivity contribution in [3.8, 4) is 11.5 Å². The minimum absolute atomic E-state index is 0.246. The highest BCUT2D eigenvalue weighted by Crippen LogP contribution is 2.30. The summed E-state index contributed by atoms with van der Waals surface area (Å²) in [5.41, 5.74) is 7.81. The van der Waals surface area contributed by atoms with Gasteiger partial charge in [0.05, 0.1) is 11.2 Å². The standard InChI is InChI=1S/C17H15FN2O/c1-11-8-13(6-7-15(11)18)21-17-9-12(10-19)20-16-5-3-2-4-14(16)17/h2-9H,10,19H2,1H3. The van der Waals surface area contributed by atoms with Crippen molar-refractivity contribution in [3.63, 3.8) is 0 Å². The molecule has 3 nitrogen and oxygen atoms in total. The number of hydrogen-bond donors (Lipinski definition) is 1. The van der Waals surface area contributed by atoms with Crippen LogP contribution in [0.3, 0.4) is 0 Å². The second-order valence-electron chi connectivity index (χ2n) is 4.85. The molecule has 2 N–H and O–H groups in total. The maximum Gasteiger partial charge on any atom is 0.138 e. The lowest BCUT2D eigenvalue weighted by Crippen LogP contribution is -2.00. The molecular weight excluding hydrogens is 267 g/mol. The van der Waals surface area contributed by atoms with E-state index in [2.05, 4.69) is 4.98 Å². The first-order valence-corrected chi connectivity index (χ1v) is 6.70. The molecule has 2 aromatic carbocycles. The van der Waals surface area contributed by atoms with Crippen LogP contribution in [0.2, 0.25) is 0 Å². The van der Waals surface area contributed by atoms with Crippen molar-refractivity contribution in [2.75, 3.05) is 0 Å². The Balaban J connectivity index is 2.08. The molecule has 4 heteroatoms. The third kappa shape index (κ3) is 2.71. The van der Waals surface area contributed by atoms with E-state index in [9.17, 15) is 4.39 Å². The summed E-state index contributed by atoms with van der Waals surface area (Å²) in [6, 6.07) is 14.2. The van der Waals surface area contributed by atoms with E-state index in [1.807, 2.05) is 30.3 Å². The quantitative estimate of drug-likeness (QED) is 0.791. The Morgan fingerprint density at radius 2 is 1.95 bits per heavy atom. The average Bonchev–Trinajstić information content (AvgIpc) is 2.51. The van der Waals surface area contributed by atoms with Gasteiger partial charge in [0.25, 0.3) is 0 Å². The van der Waals surface area contributed by atoms with Crippen LogP contribution in [0.15, 0.2) is 48.5 Å². The first-order chi connectivity index (χ1) is 10.2. The van der Waals surface area contributed by atoms with Gasteiger partial charge in [-0.15, -0.1) is 0 Å². The molecule has 3 aromatic rings. The number of aryl methyl sites for hydroxylation is 1. The van der Waals surface area contributed by atoms with Gasteiger partial charge in [-0.3, -0.25) is 4.98 Å². The highest BCUT2D eigenvalue weighted by molar-refractivity contribution is 5.85. The first-order valence-electron chi connectivity index (χ1n) is 6.70. The maximum absolute atomic E-state index is 13.3. The van der Waals surface area contributed by atoms with E-state index >= 15 is 0 Å². The van der Waals surface area contributed by atoms with Crippen molar-refractivity contribution in [2.45, 2.75) is 13.5 Å². The number of rotatable bonds is 3. The van der Waals surface area contributed by atoms with Crippen molar-refractivity contribution in [3.05, 3.63) is 65.6 Å². The number of hydrogen-bond acceptors (Lipinski definition) is 3. The van der Waals surface area contributed by atoms with Crippen molar-refractivity contribution in [1.29, 1.82) is 0 Å². The van der Waals surface area contributed by atoms with Crippen LogP contribution in [-0.2, 0) is 6.54 Å². The second kappa shape index (κ2) is 5.50. The molecule has 1 aromatic heterocycles. The Labute approximate surface area is 122 Å². The van der Waals surface area contributed by atoms with Gasteiger partial charge < -0.3 is 10.5 Å². The molecule has 0 bridgehead atoms. The number of para-hydroxylation sites is 1. The molecule has 21 heavy (non-hydrogen) atoms. The molecule has 0 aliphatic rings. The summed E-state index contributed by atoms with van der Waals surface area (Å²) in [6.07, 6.45) is 0. The minimum atomic E-state index is -0.246. The number of halogens is 1. The highest BCUT2D eigenvalue weighted by Gasteiger charge is 2.08. The highest BCUT2D eigenvalue weighted by atomic mass is 19.1. The predicted octanol–water partition coefficient (Wildman–Crippen LogP) is 3.93. The van der Waals surface area contributed by atoms with E-state index in [0.29, 0.717) is 23.6 Å². The third-order valence-electron chi connectivity index (χ3n) is 3.30. The lowest BCUT2D eigenvalue weighted by Gasteiger charge is -2.11. The molecule has 0 saturated carbocycles. The van der Waals surface area contributed by atoms with Crippen LogP contribution in [0, 0.1) is 12.7 Å². The molecule has 0 unspecified atom stereocenters. The summed E-state index contributed by atoms with van der Waals surface area (Å²) >= 11 is 0. The molecule has 0 atom stereocenters. The summed E-state index contributed by atoms with van der Waals surface area (Å²) < 4.78 is 19.2. The van der Waals surface area contributed by atoms with Gasteiger partial charge in [0.1, 0.15) is 17.3 Å². The predicted molar refractivity (Wildman–Crippen MR) is 80.8 cm³/mol. The Hall–Kier alpha value is -2.46. The van der Waals surface area contributed by atoms with E-state index in [1.54, 1.807) is 19.1 Å². The van der Waals surface area contributed by atoms with E-state index in [-0.39, 0.29) is 5.82 Å². The van der Waals surface area contributed by atoms with E-state index in [4.69, 9.17) is 10.5 Å². The Morgan fingerprint density at radius 1 is 1.14 bits per heavy atom. The van der Waals surface area contributed by atoms with Gasteiger partial charge in [-0.25, -0.2) is 4.39 Å². The molecule has 0 radical (unpaired) electrons. The number of nitrogens with zero attached hydrogens (tertiary/aromatic N) is 1. The van der Waals surface area contributed by atoms with Crippen LogP contribution in [0.4, 0.5) is 4.39 Å². The van der Waals surface area contributed by atoms with Crippen LogP contribution in [0.1, 0.15) is 11.3 Å². The number of pyridine rings is 1. The van der Waals surface area contributed by atoms with Gasteiger partial charge in [0, 0.05) is 18.0 Å². The third-order valence-corrected chi connectivity index (χ3v) is 3.30. The van der Waals surface area contributed by atoms with Crippen LogP contribution < -0.4 is 10.5 Å². The summed E-state index contributed by atoms with van der Waals surface area (Å²) in [6.45, 7) is 2.04. The number of ether oxygens (including phenoxy) is 1. The zero-order valence-electron chi connectivity index (χ0n) is 11.6. The van der Waals surface area contributed by atoms with Crippen molar-refractivity contribution in [1.82, 2.24) is 4.98 Å². The van der Waals surface area contributed by atoms with Gasteiger partial charge in [0.15, 0.2) is 0 Å².